The van der Waals surface area contributed by atoms with Crippen molar-refractivity contribution in [1.29, 1.82) is 0 Å². The first-order valence-electron chi connectivity index (χ1n) is 31.9. The summed E-state index contributed by atoms with van der Waals surface area (Å²) >= 11 is 0. The monoisotopic (exact) mass is 1200 g/mol. The molecule has 14 unspecified atom stereocenters. The Hall–Kier alpha value is -4.12. The van der Waals surface area contributed by atoms with Crippen LogP contribution in [0.5, 0.6) is 0 Å². The van der Waals surface area contributed by atoms with Crippen LogP contribution in [0.1, 0.15) is 170 Å². The van der Waals surface area contributed by atoms with Crippen molar-refractivity contribution in [3.63, 3.8) is 0 Å². The standard InChI is InChI=1S/C65H109N3O17/c1-12-14-15-16-22-49(8)82-43-58(70)66-28-19-31-79-33-35-81-36-34-80-32-20-29-67-64(74)83-54-27-25-50(42-55(54)76-9)40-47(6)59-46(5)24-26-53(69)51(21-13-2)38-44(3)37-45(4)39-56(77-10)60-57(78-11)41-48(7)65(75,85-60)61(71)62(72)68-30-18-17-23-52(68)63(73)84-59/h13,38,40,44-46,48-50,52,54-57,59-60,75H,2,12,14-37,39,41-43H2,1,3-11H3,(H,66,70)(H,67,74)/b47-40?,51-38+. The number of allylic oxidation sites excluding steroid dienone is 4. The van der Waals surface area contributed by atoms with Crippen molar-refractivity contribution >= 4 is 35.4 Å². The van der Waals surface area contributed by atoms with Gasteiger partial charge in [0.15, 0.2) is 5.78 Å². The Morgan fingerprint density at radius 3 is 2.12 bits per heavy atom. The molecule has 20 nitrogen and oxygen atoms in total. The molecule has 1 saturated carbocycles. The quantitative estimate of drug-likeness (QED) is 0.0263. The highest BCUT2D eigenvalue weighted by Gasteiger charge is 2.56. The van der Waals surface area contributed by atoms with E-state index in [9.17, 15) is 33.9 Å². The lowest BCUT2D eigenvalue weighted by atomic mass is 9.81. The highest BCUT2D eigenvalue weighted by atomic mass is 16.7. The topological polar surface area (TPSA) is 242 Å². The summed E-state index contributed by atoms with van der Waals surface area (Å²) < 4.78 is 58.9. The second-order valence-electron chi connectivity index (χ2n) is 24.3. The van der Waals surface area contributed by atoms with E-state index >= 15 is 0 Å². The Balaban J connectivity index is 1.30. The molecule has 3 N–H and O–H groups in total. The van der Waals surface area contributed by atoms with Crippen molar-refractivity contribution < 1.29 is 81.2 Å². The molecule has 3 aliphatic heterocycles. The molecular formula is C65H109N3O17. The first kappa shape index (κ1) is 73.4. The first-order chi connectivity index (χ1) is 40.8. The summed E-state index contributed by atoms with van der Waals surface area (Å²) in [6.45, 7) is 21.4. The number of unbranched alkanes of at least 4 members (excludes halogenated alkanes) is 3. The maximum Gasteiger partial charge on any atom is 0.407 e. The maximum absolute atomic E-state index is 14.6. The van der Waals surface area contributed by atoms with Crippen LogP contribution in [0, 0.1) is 29.6 Å². The van der Waals surface area contributed by atoms with E-state index in [4.69, 9.17) is 47.4 Å². The molecule has 0 radical (unpaired) electrons. The number of hydrogen-bond acceptors (Lipinski definition) is 17. The number of alkyl carbamates (subject to hydrolysis) is 1. The van der Waals surface area contributed by atoms with Crippen molar-refractivity contribution in [2.45, 2.75) is 225 Å². The molecule has 20 heteroatoms. The molecule has 2 saturated heterocycles. The number of esters is 1. The third-order valence-electron chi connectivity index (χ3n) is 17.2. The van der Waals surface area contributed by atoms with Crippen LogP contribution in [0.4, 0.5) is 4.79 Å². The zero-order chi connectivity index (χ0) is 62.3. The van der Waals surface area contributed by atoms with Gasteiger partial charge >= 0.3 is 12.1 Å². The second-order valence-corrected chi connectivity index (χ2v) is 24.3. The van der Waals surface area contributed by atoms with E-state index in [1.54, 1.807) is 27.2 Å². The number of nitrogens with zero attached hydrogens (tertiary/aromatic N) is 1. The summed E-state index contributed by atoms with van der Waals surface area (Å²) in [5.74, 6) is -6.66. The van der Waals surface area contributed by atoms with E-state index < -0.39 is 78.1 Å². The van der Waals surface area contributed by atoms with Crippen molar-refractivity contribution in [3.8, 4) is 0 Å². The predicted octanol–water partition coefficient (Wildman–Crippen LogP) is 8.72. The lowest BCUT2D eigenvalue weighted by Gasteiger charge is -2.47. The minimum Gasteiger partial charge on any atom is -0.456 e. The third kappa shape index (κ3) is 24.8. The Bertz CT molecular complexity index is 2110. The number of rotatable bonds is 30. The molecular weight excluding hydrogens is 1090 g/mol. The molecule has 3 fully saturated rings. The lowest BCUT2D eigenvalue weighted by Crippen LogP contribution is -2.64. The van der Waals surface area contributed by atoms with Crippen LogP contribution in [-0.4, -0.2) is 187 Å². The van der Waals surface area contributed by atoms with Gasteiger partial charge in [0, 0.05) is 66.5 Å². The second kappa shape index (κ2) is 39.7. The average Bonchev–Trinajstić information content (AvgIpc) is 2.11. The Morgan fingerprint density at radius 1 is 0.800 bits per heavy atom. The van der Waals surface area contributed by atoms with E-state index in [1.165, 1.54) is 31.3 Å². The van der Waals surface area contributed by atoms with E-state index in [-0.39, 0.29) is 73.9 Å². The van der Waals surface area contributed by atoms with E-state index in [1.807, 2.05) is 26.8 Å². The van der Waals surface area contributed by atoms with Gasteiger partial charge in [-0.05, 0) is 139 Å². The number of ether oxygens (including phenoxy) is 10. The van der Waals surface area contributed by atoms with Crippen LogP contribution < -0.4 is 10.6 Å². The fraction of sp³-hybridized carbons (Fsp3) is 0.815. The van der Waals surface area contributed by atoms with Crippen LogP contribution in [0.25, 0.3) is 0 Å². The smallest absolute Gasteiger partial charge is 0.407 e. The molecule has 4 rings (SSSR count). The molecule has 3 amide bonds. The highest BCUT2D eigenvalue weighted by molar-refractivity contribution is 6.39. The van der Waals surface area contributed by atoms with Crippen LogP contribution in [0.15, 0.2) is 36.0 Å². The number of amides is 3. The van der Waals surface area contributed by atoms with Crippen LogP contribution in [-0.2, 0) is 71.3 Å². The molecule has 1 aliphatic carbocycles. The van der Waals surface area contributed by atoms with Gasteiger partial charge in [0.2, 0.25) is 11.7 Å². The number of nitrogens with one attached hydrogen (secondary N) is 2. The summed E-state index contributed by atoms with van der Waals surface area (Å²) in [4.78, 5) is 83.8. The van der Waals surface area contributed by atoms with Crippen molar-refractivity contribution in [3.05, 3.63) is 36.0 Å². The number of Topliss-reactive ketones (excluding diaryl/α,β-unsaturated/α-hetero) is 2. The number of ketones is 2. The van der Waals surface area contributed by atoms with E-state index in [2.05, 4.69) is 44.1 Å². The van der Waals surface area contributed by atoms with Gasteiger partial charge in [0.25, 0.3) is 11.7 Å². The van der Waals surface area contributed by atoms with Crippen LogP contribution in [0.3, 0.4) is 0 Å². The first-order valence-corrected chi connectivity index (χ1v) is 31.9. The number of piperidine rings is 1. The Morgan fingerprint density at radius 2 is 1.46 bits per heavy atom. The molecule has 2 bridgehead atoms. The van der Waals surface area contributed by atoms with Crippen molar-refractivity contribution in [2.75, 3.05) is 87.2 Å². The van der Waals surface area contributed by atoms with Gasteiger partial charge in [0.1, 0.15) is 31.0 Å². The zero-order valence-corrected chi connectivity index (χ0v) is 53.4. The Labute approximate surface area is 508 Å². The molecule has 85 heavy (non-hydrogen) atoms. The van der Waals surface area contributed by atoms with Gasteiger partial charge in [0.05, 0.1) is 50.8 Å². The predicted molar refractivity (Wildman–Crippen MR) is 322 cm³/mol. The van der Waals surface area contributed by atoms with Gasteiger partial charge in [-0.2, -0.15) is 0 Å². The molecule has 0 aromatic carbocycles. The number of hydrogen-bond donors (Lipinski definition) is 3. The largest absolute Gasteiger partial charge is 0.456 e. The lowest BCUT2D eigenvalue weighted by molar-refractivity contribution is -0.302. The van der Waals surface area contributed by atoms with E-state index in [0.717, 1.165) is 18.4 Å². The van der Waals surface area contributed by atoms with Gasteiger partial charge in [-0.3, -0.25) is 19.2 Å². The number of carbonyl (C=O) groups excluding carboxylic acids is 6. The normalized spacial score (nSPS) is 30.7. The summed E-state index contributed by atoms with van der Waals surface area (Å²) in [6.07, 6.45) is 14.0. The number of methoxy groups -OCH3 is 3. The summed E-state index contributed by atoms with van der Waals surface area (Å²) in [5.41, 5.74) is 1.42. The number of cyclic esters (lactones) is 1. The number of aliphatic hydroxyl groups is 1. The molecule has 486 valence electrons. The summed E-state index contributed by atoms with van der Waals surface area (Å²) in [6, 6.07) is -1.11. The fourth-order valence-corrected chi connectivity index (χ4v) is 12.3. The Kier molecular flexibility index (Phi) is 34.3. The molecule has 0 aromatic heterocycles. The van der Waals surface area contributed by atoms with Crippen molar-refractivity contribution in [2.24, 2.45) is 29.6 Å². The number of fused-ring (bicyclic) bond motifs is 3. The summed E-state index contributed by atoms with van der Waals surface area (Å²) in [5, 5.41) is 17.9. The zero-order valence-electron chi connectivity index (χ0n) is 53.4. The SMILES string of the molecule is C=CC/C1=C\C(C)CC(C)CC(OC)C2OC(O)(C(=O)C(=O)N3CCCCC3C(=O)OC(C(C)=CC3CCC(OC(=O)NCCCOCCOCCOCCCNC(=O)COC(C)CCCCCC)C(OC)C3)C(C)CCC1=O)C(C)CC2OC. The molecule has 14 atom stereocenters. The molecule has 4 aliphatic rings. The van der Waals surface area contributed by atoms with Gasteiger partial charge < -0.3 is 68.0 Å². The molecule has 0 spiro atoms. The maximum atomic E-state index is 14.6. The highest BCUT2D eigenvalue weighted by Crippen LogP contribution is 2.39. The van der Waals surface area contributed by atoms with E-state index in [0.29, 0.717) is 129 Å². The summed E-state index contributed by atoms with van der Waals surface area (Å²) in [7, 11) is 4.67. The van der Waals surface area contributed by atoms with Crippen molar-refractivity contribution in [1.82, 2.24) is 15.5 Å². The van der Waals surface area contributed by atoms with Gasteiger partial charge in [-0.15, -0.1) is 6.58 Å². The fourth-order valence-electron chi connectivity index (χ4n) is 12.3. The van der Waals surface area contributed by atoms with Gasteiger partial charge in [-0.25, -0.2) is 9.59 Å². The minimum atomic E-state index is -2.51. The molecule has 0 aromatic rings. The third-order valence-corrected chi connectivity index (χ3v) is 17.2. The van der Waals surface area contributed by atoms with Crippen LogP contribution >= 0.6 is 0 Å². The molecule has 3 heterocycles. The minimum absolute atomic E-state index is 0.00113. The number of carbonyl (C=O) groups is 6. The average molecular weight is 1200 g/mol. The van der Waals surface area contributed by atoms with Crippen LogP contribution in [0.2, 0.25) is 0 Å². The van der Waals surface area contributed by atoms with Gasteiger partial charge in [-0.1, -0.05) is 78.5 Å².